The maximum atomic E-state index is 12.1. The molecule has 0 unspecified atom stereocenters. The summed E-state index contributed by atoms with van der Waals surface area (Å²) in [6.45, 7) is 1.64. The molecule has 2 aromatic rings. The van der Waals surface area contributed by atoms with E-state index in [2.05, 4.69) is 9.71 Å². The van der Waals surface area contributed by atoms with Crippen molar-refractivity contribution in [2.24, 2.45) is 0 Å². The predicted octanol–water partition coefficient (Wildman–Crippen LogP) is 1.65. The summed E-state index contributed by atoms with van der Waals surface area (Å²) in [4.78, 5) is 3.20. The summed E-state index contributed by atoms with van der Waals surface area (Å²) in [7, 11) is -1.69. The van der Waals surface area contributed by atoms with Crippen molar-refractivity contribution in [1.82, 2.24) is 14.0 Å². The highest BCUT2D eigenvalue weighted by atomic mass is 32.2. The van der Waals surface area contributed by atoms with Crippen molar-refractivity contribution in [2.45, 2.75) is 19.3 Å². The number of ether oxygens (including phenoxy) is 1. The van der Waals surface area contributed by atoms with Crippen LogP contribution in [0.25, 0.3) is 10.9 Å². The smallest absolute Gasteiger partial charge is 0.279 e. The van der Waals surface area contributed by atoms with Crippen LogP contribution in [0.4, 0.5) is 0 Å². The number of nitrogens with zero attached hydrogens (tertiary/aromatic N) is 1. The molecule has 1 aromatic carbocycles. The van der Waals surface area contributed by atoms with Crippen LogP contribution in [0.2, 0.25) is 0 Å². The number of methoxy groups -OCH3 is 1. The zero-order valence-corrected chi connectivity index (χ0v) is 13.4. The Morgan fingerprint density at radius 3 is 2.82 bits per heavy atom. The van der Waals surface area contributed by atoms with Crippen molar-refractivity contribution >= 4 is 21.1 Å². The molecule has 0 amide bonds. The van der Waals surface area contributed by atoms with Gasteiger partial charge in [-0.2, -0.15) is 12.7 Å². The molecule has 0 atom stereocenters. The first kappa shape index (κ1) is 15.3. The molecule has 0 bridgehead atoms. The second-order valence-electron chi connectivity index (χ2n) is 5.48. The van der Waals surface area contributed by atoms with E-state index in [-0.39, 0.29) is 0 Å². The van der Waals surface area contributed by atoms with Gasteiger partial charge in [0.15, 0.2) is 0 Å². The molecule has 0 radical (unpaired) electrons. The number of nitrogens with one attached hydrogen (secondary N) is 2. The Balaban J connectivity index is 1.66. The molecule has 1 aliphatic heterocycles. The zero-order valence-electron chi connectivity index (χ0n) is 12.6. The summed E-state index contributed by atoms with van der Waals surface area (Å²) in [6.07, 6.45) is 4.46. The molecule has 1 aliphatic rings. The fourth-order valence-electron chi connectivity index (χ4n) is 2.83. The maximum Gasteiger partial charge on any atom is 0.279 e. The van der Waals surface area contributed by atoms with Crippen molar-refractivity contribution in [3.63, 3.8) is 0 Å². The van der Waals surface area contributed by atoms with Crippen LogP contribution in [0.15, 0.2) is 24.4 Å². The van der Waals surface area contributed by atoms with Crippen molar-refractivity contribution in [3.8, 4) is 5.75 Å². The Morgan fingerprint density at radius 2 is 2.09 bits per heavy atom. The Kier molecular flexibility index (Phi) is 4.37. The van der Waals surface area contributed by atoms with Crippen molar-refractivity contribution < 1.29 is 13.2 Å². The monoisotopic (exact) mass is 323 g/mol. The molecule has 6 nitrogen and oxygen atoms in total. The standard InChI is InChI=1S/C15H21N3O3S/c1-21-13-4-5-15-14(10-13)12(11-16-15)6-7-17-22(19,20)18-8-2-3-9-18/h4-5,10-11,16-17H,2-3,6-9H2,1H3. The van der Waals surface area contributed by atoms with Gasteiger partial charge >= 0.3 is 0 Å². The first-order valence-electron chi connectivity index (χ1n) is 7.49. The Bertz CT molecular complexity index is 748. The van der Waals surface area contributed by atoms with E-state index in [1.807, 2.05) is 24.4 Å². The third-order valence-corrected chi connectivity index (χ3v) is 5.67. The van der Waals surface area contributed by atoms with E-state index >= 15 is 0 Å². The molecule has 1 fully saturated rings. The summed E-state index contributed by atoms with van der Waals surface area (Å²) >= 11 is 0. The SMILES string of the molecule is COc1ccc2[nH]cc(CCNS(=O)(=O)N3CCCC3)c2c1. The van der Waals surface area contributed by atoms with E-state index in [0.29, 0.717) is 26.1 Å². The Labute approximate surface area is 130 Å². The van der Waals surface area contributed by atoms with Crippen LogP contribution < -0.4 is 9.46 Å². The number of rotatable bonds is 6. The molecule has 0 spiro atoms. The normalized spacial score (nSPS) is 16.4. The third-order valence-electron chi connectivity index (χ3n) is 4.06. The maximum absolute atomic E-state index is 12.1. The topological polar surface area (TPSA) is 74.4 Å². The molecule has 1 saturated heterocycles. The quantitative estimate of drug-likeness (QED) is 0.849. The molecule has 0 saturated carbocycles. The molecule has 3 rings (SSSR count). The van der Waals surface area contributed by atoms with E-state index in [0.717, 1.165) is 35.1 Å². The highest BCUT2D eigenvalue weighted by Gasteiger charge is 2.24. The van der Waals surface area contributed by atoms with E-state index < -0.39 is 10.2 Å². The molecule has 7 heteroatoms. The van der Waals surface area contributed by atoms with Gasteiger partial charge in [0.05, 0.1) is 7.11 Å². The fourth-order valence-corrected chi connectivity index (χ4v) is 4.11. The van der Waals surface area contributed by atoms with E-state index in [4.69, 9.17) is 4.74 Å². The lowest BCUT2D eigenvalue weighted by atomic mass is 10.1. The van der Waals surface area contributed by atoms with Crippen LogP contribution in [-0.2, 0) is 16.6 Å². The van der Waals surface area contributed by atoms with Gasteiger partial charge in [-0.15, -0.1) is 0 Å². The van der Waals surface area contributed by atoms with Crippen LogP contribution in [0.1, 0.15) is 18.4 Å². The average Bonchev–Trinajstić information content (AvgIpc) is 3.16. The lowest BCUT2D eigenvalue weighted by Crippen LogP contribution is -2.39. The van der Waals surface area contributed by atoms with E-state index in [1.54, 1.807) is 7.11 Å². The fraction of sp³-hybridized carbons (Fsp3) is 0.467. The highest BCUT2D eigenvalue weighted by Crippen LogP contribution is 2.23. The number of aromatic nitrogens is 1. The lowest BCUT2D eigenvalue weighted by Gasteiger charge is -2.15. The number of aromatic amines is 1. The van der Waals surface area contributed by atoms with Crippen LogP contribution >= 0.6 is 0 Å². The van der Waals surface area contributed by atoms with E-state index in [1.165, 1.54) is 4.31 Å². The minimum atomic E-state index is -3.33. The van der Waals surface area contributed by atoms with Gasteiger partial charge in [-0.3, -0.25) is 0 Å². The van der Waals surface area contributed by atoms with Crippen molar-refractivity contribution in [3.05, 3.63) is 30.0 Å². The van der Waals surface area contributed by atoms with Gasteiger partial charge in [-0.25, -0.2) is 4.72 Å². The van der Waals surface area contributed by atoms with Gasteiger partial charge in [0.2, 0.25) is 0 Å². The first-order valence-corrected chi connectivity index (χ1v) is 8.93. The summed E-state index contributed by atoms with van der Waals surface area (Å²) in [5, 5.41) is 1.07. The predicted molar refractivity (Wildman–Crippen MR) is 86.3 cm³/mol. The van der Waals surface area contributed by atoms with Crippen LogP contribution in [0, 0.1) is 0 Å². The second-order valence-corrected chi connectivity index (χ2v) is 7.24. The molecule has 2 N–H and O–H groups in total. The molecular weight excluding hydrogens is 302 g/mol. The number of H-pyrrole nitrogens is 1. The number of hydrogen-bond acceptors (Lipinski definition) is 3. The van der Waals surface area contributed by atoms with Gasteiger partial charge in [0.1, 0.15) is 5.75 Å². The molecule has 1 aromatic heterocycles. The molecule has 22 heavy (non-hydrogen) atoms. The van der Waals surface area contributed by atoms with Crippen molar-refractivity contribution in [2.75, 3.05) is 26.7 Å². The Hall–Kier alpha value is -1.57. The highest BCUT2D eigenvalue weighted by molar-refractivity contribution is 7.87. The van der Waals surface area contributed by atoms with Crippen LogP contribution in [0.5, 0.6) is 5.75 Å². The van der Waals surface area contributed by atoms with Crippen molar-refractivity contribution in [1.29, 1.82) is 0 Å². The number of hydrogen-bond donors (Lipinski definition) is 2. The average molecular weight is 323 g/mol. The minimum absolute atomic E-state index is 0.392. The van der Waals surface area contributed by atoms with Crippen LogP contribution in [0.3, 0.4) is 0 Å². The summed E-state index contributed by atoms with van der Waals surface area (Å²) in [5.41, 5.74) is 2.11. The second kappa shape index (κ2) is 6.28. The molecule has 0 aliphatic carbocycles. The number of fused-ring (bicyclic) bond motifs is 1. The zero-order chi connectivity index (χ0) is 15.6. The lowest BCUT2D eigenvalue weighted by molar-refractivity contribution is 0.415. The van der Waals surface area contributed by atoms with Gasteiger partial charge in [0, 0.05) is 36.7 Å². The minimum Gasteiger partial charge on any atom is -0.497 e. The number of benzene rings is 1. The largest absolute Gasteiger partial charge is 0.497 e. The van der Waals surface area contributed by atoms with E-state index in [9.17, 15) is 8.42 Å². The summed E-state index contributed by atoms with van der Waals surface area (Å²) in [6, 6.07) is 5.83. The van der Waals surface area contributed by atoms with Gasteiger partial charge in [0.25, 0.3) is 10.2 Å². The molecular formula is C15H21N3O3S. The Morgan fingerprint density at radius 1 is 1.32 bits per heavy atom. The third kappa shape index (κ3) is 3.11. The van der Waals surface area contributed by atoms with Crippen LogP contribution in [-0.4, -0.2) is 44.5 Å². The van der Waals surface area contributed by atoms with Gasteiger partial charge in [-0.1, -0.05) is 0 Å². The summed E-state index contributed by atoms with van der Waals surface area (Å²) in [5.74, 6) is 0.797. The summed E-state index contributed by atoms with van der Waals surface area (Å²) < 4.78 is 33.7. The van der Waals surface area contributed by atoms with Gasteiger partial charge in [-0.05, 0) is 43.0 Å². The first-order chi connectivity index (χ1) is 10.6. The van der Waals surface area contributed by atoms with Gasteiger partial charge < -0.3 is 9.72 Å². The molecule has 2 heterocycles. The molecule has 120 valence electrons.